The van der Waals surface area contributed by atoms with E-state index in [4.69, 9.17) is 0 Å². The summed E-state index contributed by atoms with van der Waals surface area (Å²) in [4.78, 5) is 2.53. The standard InChI is InChI=1S/C8H16BN/c1-3-7-10-8-5-6-9(10)4-2/h5-6H,3-4,7-8H2,1-2H3. The first-order chi connectivity index (χ1) is 4.88. The van der Waals surface area contributed by atoms with Gasteiger partial charge in [0, 0.05) is 6.54 Å². The Balaban J connectivity index is 2.32. The molecule has 0 aromatic heterocycles. The maximum Gasteiger partial charge on any atom is 0.249 e. The molecular formula is C8H16BN. The summed E-state index contributed by atoms with van der Waals surface area (Å²) in [6.45, 7) is 7.66. The summed E-state index contributed by atoms with van der Waals surface area (Å²) in [5.74, 6) is 2.33. The molecule has 0 atom stereocenters. The van der Waals surface area contributed by atoms with Crippen molar-refractivity contribution in [1.29, 1.82) is 0 Å². The minimum atomic E-state index is 0.736. The summed E-state index contributed by atoms with van der Waals surface area (Å²) in [5, 5.41) is 0. The van der Waals surface area contributed by atoms with Crippen molar-refractivity contribution < 1.29 is 0 Å². The van der Waals surface area contributed by atoms with E-state index in [1.54, 1.807) is 0 Å². The van der Waals surface area contributed by atoms with Crippen molar-refractivity contribution >= 4 is 6.85 Å². The molecule has 0 spiro atoms. The van der Waals surface area contributed by atoms with E-state index >= 15 is 0 Å². The van der Waals surface area contributed by atoms with E-state index in [1.807, 2.05) is 0 Å². The summed E-state index contributed by atoms with van der Waals surface area (Å²) < 4.78 is 0. The predicted octanol–water partition coefficient (Wildman–Crippen LogP) is 1.82. The second kappa shape index (κ2) is 3.82. The molecule has 1 aliphatic rings. The lowest BCUT2D eigenvalue weighted by molar-refractivity contribution is 0.486. The Morgan fingerprint density at radius 2 is 2.30 bits per heavy atom. The van der Waals surface area contributed by atoms with Gasteiger partial charge in [0.05, 0.1) is 0 Å². The fourth-order valence-electron chi connectivity index (χ4n) is 1.55. The molecule has 0 bridgehead atoms. The van der Waals surface area contributed by atoms with Crippen molar-refractivity contribution in [3.8, 4) is 0 Å². The molecule has 1 nitrogen and oxygen atoms in total. The summed E-state index contributed by atoms with van der Waals surface area (Å²) in [5.41, 5.74) is 0. The lowest BCUT2D eigenvalue weighted by Gasteiger charge is -2.19. The predicted molar refractivity (Wildman–Crippen MR) is 47.2 cm³/mol. The quantitative estimate of drug-likeness (QED) is 0.536. The molecule has 0 N–H and O–H groups in total. The number of hydrogen-bond acceptors (Lipinski definition) is 1. The van der Waals surface area contributed by atoms with Gasteiger partial charge in [0.15, 0.2) is 0 Å². The highest BCUT2D eigenvalue weighted by Gasteiger charge is 2.20. The van der Waals surface area contributed by atoms with E-state index in [0.29, 0.717) is 0 Å². The van der Waals surface area contributed by atoms with Crippen molar-refractivity contribution in [2.75, 3.05) is 13.1 Å². The molecule has 0 aromatic carbocycles. The van der Waals surface area contributed by atoms with E-state index in [-0.39, 0.29) is 0 Å². The van der Waals surface area contributed by atoms with Crippen molar-refractivity contribution in [2.24, 2.45) is 0 Å². The molecule has 1 aliphatic heterocycles. The molecular weight excluding hydrogens is 121 g/mol. The first kappa shape index (κ1) is 7.87. The lowest BCUT2D eigenvalue weighted by atomic mass is 9.60. The molecule has 2 heteroatoms. The van der Waals surface area contributed by atoms with E-state index in [0.717, 1.165) is 6.85 Å². The summed E-state index contributed by atoms with van der Waals surface area (Å²) >= 11 is 0. The Morgan fingerprint density at radius 3 is 2.90 bits per heavy atom. The average molecular weight is 137 g/mol. The van der Waals surface area contributed by atoms with Gasteiger partial charge in [-0.1, -0.05) is 26.2 Å². The molecule has 1 rings (SSSR count). The molecule has 0 saturated heterocycles. The van der Waals surface area contributed by atoms with Crippen LogP contribution < -0.4 is 0 Å². The van der Waals surface area contributed by atoms with Gasteiger partial charge >= 0.3 is 0 Å². The smallest absolute Gasteiger partial charge is 0.249 e. The minimum absolute atomic E-state index is 0.736. The monoisotopic (exact) mass is 137 g/mol. The first-order valence-electron chi connectivity index (χ1n) is 4.29. The van der Waals surface area contributed by atoms with Gasteiger partial charge in [-0.15, -0.1) is 5.98 Å². The normalized spacial score (nSPS) is 18.8. The summed E-state index contributed by atoms with van der Waals surface area (Å²) in [6.07, 6.45) is 4.82. The molecule has 0 amide bonds. The van der Waals surface area contributed by atoms with Crippen LogP contribution in [0, 0.1) is 0 Å². The third kappa shape index (κ3) is 1.63. The lowest BCUT2D eigenvalue weighted by Crippen LogP contribution is -2.34. The van der Waals surface area contributed by atoms with E-state index < -0.39 is 0 Å². The van der Waals surface area contributed by atoms with Gasteiger partial charge in [0.25, 0.3) is 0 Å². The molecule has 0 radical (unpaired) electrons. The maximum absolute atomic E-state index is 2.53. The van der Waals surface area contributed by atoms with Crippen LogP contribution in [0.25, 0.3) is 0 Å². The summed E-state index contributed by atoms with van der Waals surface area (Å²) in [6, 6.07) is 0. The topological polar surface area (TPSA) is 3.24 Å². The van der Waals surface area contributed by atoms with Crippen LogP contribution in [-0.2, 0) is 0 Å². The van der Waals surface area contributed by atoms with Crippen LogP contribution in [0.4, 0.5) is 0 Å². The third-order valence-corrected chi connectivity index (χ3v) is 2.10. The van der Waals surface area contributed by atoms with E-state index in [9.17, 15) is 0 Å². The van der Waals surface area contributed by atoms with Crippen LogP contribution in [-0.4, -0.2) is 24.7 Å². The van der Waals surface area contributed by atoms with Crippen LogP contribution in [0.1, 0.15) is 20.3 Å². The van der Waals surface area contributed by atoms with Crippen LogP contribution >= 0.6 is 0 Å². The Kier molecular flexibility index (Phi) is 3.00. The average Bonchev–Trinajstić information content (AvgIpc) is 2.36. The molecule has 0 aromatic rings. The molecule has 10 heavy (non-hydrogen) atoms. The maximum atomic E-state index is 2.53. The van der Waals surface area contributed by atoms with Gasteiger partial charge in [-0.25, -0.2) is 0 Å². The Morgan fingerprint density at radius 1 is 1.50 bits per heavy atom. The van der Waals surface area contributed by atoms with Gasteiger partial charge in [-0.05, 0) is 13.0 Å². The molecule has 0 unspecified atom stereocenters. The van der Waals surface area contributed by atoms with Crippen LogP contribution in [0.5, 0.6) is 0 Å². The fourth-order valence-corrected chi connectivity index (χ4v) is 1.55. The first-order valence-corrected chi connectivity index (χ1v) is 4.29. The molecule has 1 heterocycles. The van der Waals surface area contributed by atoms with Gasteiger partial charge in [-0.3, -0.25) is 0 Å². The number of nitrogens with zero attached hydrogens (tertiary/aromatic N) is 1. The number of hydrogen-bond donors (Lipinski definition) is 0. The van der Waals surface area contributed by atoms with Crippen molar-refractivity contribution in [2.45, 2.75) is 26.6 Å². The fraction of sp³-hybridized carbons (Fsp3) is 0.750. The highest BCUT2D eigenvalue weighted by Crippen LogP contribution is 2.09. The van der Waals surface area contributed by atoms with Crippen molar-refractivity contribution in [1.82, 2.24) is 4.81 Å². The Hall–Kier alpha value is -0.235. The highest BCUT2D eigenvalue weighted by molar-refractivity contribution is 6.62. The number of rotatable bonds is 3. The zero-order valence-electron chi connectivity index (χ0n) is 7.01. The highest BCUT2D eigenvalue weighted by atomic mass is 15.1. The molecule has 0 fully saturated rings. The van der Waals surface area contributed by atoms with Gasteiger partial charge in [0.2, 0.25) is 6.85 Å². The van der Waals surface area contributed by atoms with Crippen LogP contribution in [0.3, 0.4) is 0 Å². The second-order valence-electron chi connectivity index (χ2n) is 2.90. The zero-order valence-corrected chi connectivity index (χ0v) is 7.01. The Labute approximate surface area is 64.2 Å². The minimum Gasteiger partial charge on any atom is -0.335 e. The zero-order chi connectivity index (χ0) is 7.40. The third-order valence-electron chi connectivity index (χ3n) is 2.10. The van der Waals surface area contributed by atoms with Crippen molar-refractivity contribution in [3.05, 3.63) is 12.1 Å². The largest absolute Gasteiger partial charge is 0.335 e. The SMILES string of the molecule is CCCN1CC=CB1CC. The van der Waals surface area contributed by atoms with E-state index in [1.165, 1.54) is 25.8 Å². The van der Waals surface area contributed by atoms with Gasteiger partial charge < -0.3 is 4.81 Å². The van der Waals surface area contributed by atoms with Crippen LogP contribution in [0.2, 0.25) is 6.32 Å². The molecule has 0 aliphatic carbocycles. The van der Waals surface area contributed by atoms with Crippen LogP contribution in [0.15, 0.2) is 12.1 Å². The van der Waals surface area contributed by atoms with Gasteiger partial charge in [-0.2, -0.15) is 0 Å². The Bertz CT molecular complexity index is 122. The molecule has 0 saturated carbocycles. The van der Waals surface area contributed by atoms with Crippen molar-refractivity contribution in [3.63, 3.8) is 0 Å². The molecule has 56 valence electrons. The van der Waals surface area contributed by atoms with Gasteiger partial charge in [0.1, 0.15) is 0 Å². The second-order valence-corrected chi connectivity index (χ2v) is 2.90. The summed E-state index contributed by atoms with van der Waals surface area (Å²) in [7, 11) is 0. The van der Waals surface area contributed by atoms with E-state index in [2.05, 4.69) is 30.7 Å².